The van der Waals surface area contributed by atoms with E-state index in [-0.39, 0.29) is 18.7 Å². The fourth-order valence-corrected chi connectivity index (χ4v) is 4.67. The van der Waals surface area contributed by atoms with Crippen LogP contribution in [-0.2, 0) is 11.3 Å². The molecule has 6 nitrogen and oxygen atoms in total. The molecule has 1 atom stereocenters. The van der Waals surface area contributed by atoms with Gasteiger partial charge in [-0.2, -0.15) is 0 Å². The zero-order valence-corrected chi connectivity index (χ0v) is 18.1. The highest BCUT2D eigenvalue weighted by atomic mass is 16.6. The van der Waals surface area contributed by atoms with Gasteiger partial charge in [0.25, 0.3) is 0 Å². The Bertz CT molecular complexity index is 1440. The summed E-state index contributed by atoms with van der Waals surface area (Å²) in [6.07, 6.45) is 3.47. The Hall–Kier alpha value is -4.06. The van der Waals surface area contributed by atoms with Gasteiger partial charge in [-0.15, -0.1) is 0 Å². The summed E-state index contributed by atoms with van der Waals surface area (Å²) in [4.78, 5) is 26.1. The van der Waals surface area contributed by atoms with Crippen molar-refractivity contribution in [2.24, 2.45) is 0 Å². The van der Waals surface area contributed by atoms with Crippen LogP contribution in [0.25, 0.3) is 33.1 Å². The number of amides is 1. The van der Waals surface area contributed by atoms with Gasteiger partial charge in [0, 0.05) is 18.3 Å². The fourth-order valence-electron chi connectivity index (χ4n) is 4.67. The third kappa shape index (κ3) is 3.74. The van der Waals surface area contributed by atoms with Crippen molar-refractivity contribution in [3.63, 3.8) is 0 Å². The fraction of sp³-hybridized carbons (Fsp3) is 0.185. The van der Waals surface area contributed by atoms with Gasteiger partial charge in [0.2, 0.25) is 0 Å². The number of benzene rings is 3. The van der Waals surface area contributed by atoms with Crippen LogP contribution in [0.3, 0.4) is 0 Å². The van der Waals surface area contributed by atoms with Gasteiger partial charge in [-0.05, 0) is 59.2 Å². The smallest absolute Gasteiger partial charge is 0.410 e. The molecule has 0 saturated carbocycles. The minimum atomic E-state index is -0.290. The molecular weight excluding hydrogens is 412 g/mol. The minimum Gasteiger partial charge on any atom is -0.445 e. The van der Waals surface area contributed by atoms with Gasteiger partial charge in [0.15, 0.2) is 0 Å². The molecule has 0 spiro atoms. The van der Waals surface area contributed by atoms with Gasteiger partial charge in [-0.1, -0.05) is 48.5 Å². The molecule has 1 aliphatic heterocycles. The van der Waals surface area contributed by atoms with E-state index < -0.39 is 0 Å². The lowest BCUT2D eigenvalue weighted by atomic mass is 10.0. The van der Waals surface area contributed by atoms with Gasteiger partial charge in [-0.3, -0.25) is 4.90 Å². The van der Waals surface area contributed by atoms with Crippen LogP contribution >= 0.6 is 0 Å². The number of hydrogen-bond donors (Lipinski definition) is 2. The Labute approximate surface area is 191 Å². The topological polar surface area (TPSA) is 74.0 Å². The molecule has 164 valence electrons. The van der Waals surface area contributed by atoms with Crippen LogP contribution in [0.5, 0.6) is 0 Å². The first-order valence-corrected chi connectivity index (χ1v) is 11.3. The van der Waals surface area contributed by atoms with Crippen LogP contribution in [0.4, 0.5) is 4.79 Å². The van der Waals surface area contributed by atoms with Crippen molar-refractivity contribution in [3.05, 3.63) is 90.4 Å². The van der Waals surface area contributed by atoms with E-state index in [1.54, 1.807) is 4.90 Å². The average Bonchev–Trinajstić information content (AvgIpc) is 3.61. The van der Waals surface area contributed by atoms with Crippen molar-refractivity contribution in [2.75, 3.05) is 6.54 Å². The molecule has 33 heavy (non-hydrogen) atoms. The predicted molar refractivity (Wildman–Crippen MR) is 129 cm³/mol. The van der Waals surface area contributed by atoms with E-state index in [1.165, 1.54) is 5.39 Å². The minimum absolute atomic E-state index is 0.0978. The second-order valence-corrected chi connectivity index (χ2v) is 8.53. The van der Waals surface area contributed by atoms with E-state index in [9.17, 15) is 4.79 Å². The summed E-state index contributed by atoms with van der Waals surface area (Å²) in [5.74, 6) is 0.816. The number of aromatic amines is 2. The van der Waals surface area contributed by atoms with Gasteiger partial charge in [0.1, 0.15) is 12.4 Å². The molecule has 0 bridgehead atoms. The number of fused-ring (bicyclic) bond motifs is 2. The number of H-pyrrole nitrogens is 2. The number of carbonyl (C=O) groups is 1. The molecule has 3 aromatic carbocycles. The van der Waals surface area contributed by atoms with Crippen LogP contribution in [0.1, 0.15) is 30.3 Å². The molecule has 1 aliphatic rings. The van der Waals surface area contributed by atoms with E-state index in [2.05, 4.69) is 46.4 Å². The lowest BCUT2D eigenvalue weighted by molar-refractivity contribution is 0.0910. The first-order chi connectivity index (χ1) is 16.2. The summed E-state index contributed by atoms with van der Waals surface area (Å²) < 4.78 is 5.59. The highest BCUT2D eigenvalue weighted by Gasteiger charge is 2.33. The largest absolute Gasteiger partial charge is 0.445 e. The van der Waals surface area contributed by atoms with Crippen molar-refractivity contribution < 1.29 is 9.53 Å². The molecule has 6 heteroatoms. The quantitative estimate of drug-likeness (QED) is 0.353. The molecule has 1 unspecified atom stereocenters. The number of likely N-dealkylation sites (tertiary alicyclic amines) is 1. The summed E-state index contributed by atoms with van der Waals surface area (Å²) in [6, 6.07) is 24.4. The van der Waals surface area contributed by atoms with Gasteiger partial charge < -0.3 is 14.7 Å². The Balaban J connectivity index is 1.23. The van der Waals surface area contributed by atoms with Crippen LogP contribution in [0, 0.1) is 0 Å². The molecule has 1 amide bonds. The van der Waals surface area contributed by atoms with Crippen molar-refractivity contribution in [2.45, 2.75) is 25.5 Å². The third-order valence-corrected chi connectivity index (χ3v) is 6.40. The van der Waals surface area contributed by atoms with Crippen molar-refractivity contribution in [1.29, 1.82) is 0 Å². The van der Waals surface area contributed by atoms with E-state index in [0.717, 1.165) is 51.9 Å². The van der Waals surface area contributed by atoms with E-state index in [4.69, 9.17) is 9.72 Å². The van der Waals surface area contributed by atoms with Crippen LogP contribution < -0.4 is 0 Å². The number of hydrogen-bond acceptors (Lipinski definition) is 3. The molecule has 3 heterocycles. The number of carbonyl (C=O) groups excluding carboxylic acids is 1. The van der Waals surface area contributed by atoms with Crippen LogP contribution in [0.2, 0.25) is 0 Å². The SMILES string of the molecule is O=C(OCc1ccccc1)N1CCCC1c1nc2ccc(-c3ccc4cc[nH]c4c3)cc2[nH]1. The molecule has 0 radical (unpaired) electrons. The van der Waals surface area contributed by atoms with Crippen molar-refractivity contribution in [1.82, 2.24) is 19.9 Å². The average molecular weight is 437 g/mol. The van der Waals surface area contributed by atoms with Crippen molar-refractivity contribution in [3.8, 4) is 11.1 Å². The first kappa shape index (κ1) is 19.6. The highest BCUT2D eigenvalue weighted by Crippen LogP contribution is 2.33. The number of imidazole rings is 1. The Morgan fingerprint density at radius 2 is 1.82 bits per heavy atom. The summed E-state index contributed by atoms with van der Waals surface area (Å²) >= 11 is 0. The van der Waals surface area contributed by atoms with Gasteiger partial charge in [-0.25, -0.2) is 9.78 Å². The Morgan fingerprint density at radius 1 is 1.00 bits per heavy atom. The Kier molecular flexibility index (Phi) is 4.83. The number of nitrogens with one attached hydrogen (secondary N) is 2. The molecule has 1 saturated heterocycles. The highest BCUT2D eigenvalue weighted by molar-refractivity contribution is 5.87. The van der Waals surface area contributed by atoms with Crippen molar-refractivity contribution >= 4 is 28.0 Å². The molecule has 0 aliphatic carbocycles. The predicted octanol–water partition coefficient (Wildman–Crippen LogP) is 6.18. The van der Waals surface area contributed by atoms with E-state index in [1.807, 2.05) is 42.6 Å². The maximum atomic E-state index is 12.8. The molecule has 5 aromatic rings. The number of aromatic nitrogens is 3. The second-order valence-electron chi connectivity index (χ2n) is 8.53. The second kappa shape index (κ2) is 8.13. The van der Waals surface area contributed by atoms with Gasteiger partial charge >= 0.3 is 6.09 Å². The van der Waals surface area contributed by atoms with Gasteiger partial charge in [0.05, 0.1) is 17.1 Å². The summed E-state index contributed by atoms with van der Waals surface area (Å²) in [7, 11) is 0. The zero-order chi connectivity index (χ0) is 22.2. The normalized spacial score (nSPS) is 16.0. The third-order valence-electron chi connectivity index (χ3n) is 6.40. The zero-order valence-electron chi connectivity index (χ0n) is 18.1. The van der Waals surface area contributed by atoms with Crippen LogP contribution in [0.15, 0.2) is 79.0 Å². The standard InChI is InChI=1S/C27H24N4O2/c32-27(33-17-18-5-2-1-3-6-18)31-14-4-7-25(31)26-29-22-11-10-21(16-24(22)30-26)20-9-8-19-12-13-28-23(19)15-20/h1-3,5-6,8-13,15-16,25,28H,4,7,14,17H2,(H,29,30). The summed E-state index contributed by atoms with van der Waals surface area (Å²) in [6.45, 7) is 0.953. The molecule has 1 fully saturated rings. The summed E-state index contributed by atoms with van der Waals surface area (Å²) in [5, 5.41) is 1.20. The number of nitrogens with zero attached hydrogens (tertiary/aromatic N) is 2. The molecule has 2 aromatic heterocycles. The first-order valence-electron chi connectivity index (χ1n) is 11.3. The number of rotatable bonds is 4. The molecule has 6 rings (SSSR count). The summed E-state index contributed by atoms with van der Waals surface area (Å²) in [5.41, 5.74) is 6.25. The van der Waals surface area contributed by atoms with E-state index >= 15 is 0 Å². The maximum absolute atomic E-state index is 12.8. The number of ether oxygens (including phenoxy) is 1. The molecule has 2 N–H and O–H groups in total. The molecular formula is C27H24N4O2. The lowest BCUT2D eigenvalue weighted by Gasteiger charge is -2.22. The monoisotopic (exact) mass is 436 g/mol. The van der Waals surface area contributed by atoms with Crippen LogP contribution in [-0.4, -0.2) is 32.5 Å². The Morgan fingerprint density at radius 3 is 2.70 bits per heavy atom. The lowest BCUT2D eigenvalue weighted by Crippen LogP contribution is -2.31. The van der Waals surface area contributed by atoms with E-state index in [0.29, 0.717) is 6.54 Å². The maximum Gasteiger partial charge on any atom is 0.410 e.